The molecule has 9 heteroatoms. The van der Waals surface area contributed by atoms with Crippen molar-refractivity contribution in [2.24, 2.45) is 0 Å². The van der Waals surface area contributed by atoms with Crippen LogP contribution in [0.4, 0.5) is 0 Å². The SMILES string of the molecule is CC(=O)c1ccc(S(=O)(=O)N2CCCCC2C(=O)OCC(=O)NC2CCCCCCC2)cc1. The summed E-state index contributed by atoms with van der Waals surface area (Å²) in [6.45, 7) is 1.20. The zero-order valence-corrected chi connectivity index (χ0v) is 20.1. The molecule has 182 valence electrons. The van der Waals surface area contributed by atoms with Crippen LogP contribution in [-0.2, 0) is 24.3 Å². The minimum absolute atomic E-state index is 0.0224. The number of benzene rings is 1. The van der Waals surface area contributed by atoms with Crippen LogP contribution in [0.2, 0.25) is 0 Å². The number of nitrogens with zero attached hydrogens (tertiary/aromatic N) is 1. The van der Waals surface area contributed by atoms with E-state index in [1.165, 1.54) is 50.5 Å². The second-order valence-electron chi connectivity index (χ2n) is 8.93. The molecule has 1 atom stereocenters. The number of carbonyl (C=O) groups excluding carboxylic acids is 3. The third kappa shape index (κ3) is 6.86. The van der Waals surface area contributed by atoms with Crippen LogP contribution in [0.3, 0.4) is 0 Å². The Kier molecular flexibility index (Phi) is 9.02. The maximum Gasteiger partial charge on any atom is 0.324 e. The van der Waals surface area contributed by atoms with E-state index >= 15 is 0 Å². The number of sulfonamides is 1. The van der Waals surface area contributed by atoms with Crippen molar-refractivity contribution in [2.45, 2.75) is 88.1 Å². The normalized spacial score (nSPS) is 20.9. The molecule has 8 nitrogen and oxygen atoms in total. The van der Waals surface area contributed by atoms with Crippen molar-refractivity contribution in [2.75, 3.05) is 13.2 Å². The minimum atomic E-state index is -3.95. The summed E-state index contributed by atoms with van der Waals surface area (Å²) < 4.78 is 32.8. The standard InChI is InChI=1S/C24H34N2O6S/c1-18(27)19-12-14-21(15-13-19)33(30,31)26-16-8-7-11-22(26)24(29)32-17-23(28)25-20-9-5-3-2-4-6-10-20/h12-15,20,22H,2-11,16-17H2,1H3,(H,25,28). The molecule has 1 N–H and O–H groups in total. The zero-order chi connectivity index (χ0) is 23.8. The average molecular weight is 479 g/mol. The molecule has 1 unspecified atom stereocenters. The number of amides is 1. The highest BCUT2D eigenvalue weighted by Gasteiger charge is 2.38. The Labute approximate surface area is 196 Å². The van der Waals surface area contributed by atoms with Gasteiger partial charge < -0.3 is 10.1 Å². The number of hydrogen-bond donors (Lipinski definition) is 1. The van der Waals surface area contributed by atoms with Gasteiger partial charge in [-0.25, -0.2) is 8.42 Å². The second-order valence-corrected chi connectivity index (χ2v) is 10.8. The number of piperidine rings is 1. The van der Waals surface area contributed by atoms with Crippen molar-refractivity contribution < 1.29 is 27.5 Å². The van der Waals surface area contributed by atoms with E-state index in [1.807, 2.05) is 0 Å². The lowest BCUT2D eigenvalue weighted by Crippen LogP contribution is -2.49. The monoisotopic (exact) mass is 478 g/mol. The van der Waals surface area contributed by atoms with Gasteiger partial charge in [-0.1, -0.05) is 44.2 Å². The molecule has 0 radical (unpaired) electrons. The first-order valence-electron chi connectivity index (χ1n) is 11.9. The molecule has 1 aromatic rings. The van der Waals surface area contributed by atoms with Crippen molar-refractivity contribution >= 4 is 27.7 Å². The van der Waals surface area contributed by atoms with Crippen LogP contribution in [0.25, 0.3) is 0 Å². The predicted octanol–water partition coefficient (Wildman–Crippen LogP) is 3.20. The molecule has 3 rings (SSSR count). The molecule has 0 bridgehead atoms. The van der Waals surface area contributed by atoms with Crippen molar-refractivity contribution in [1.29, 1.82) is 0 Å². The number of ketones is 1. The molecule has 2 fully saturated rings. The van der Waals surface area contributed by atoms with Crippen LogP contribution in [0, 0.1) is 0 Å². The van der Waals surface area contributed by atoms with Crippen LogP contribution in [0.1, 0.15) is 81.5 Å². The molecule has 1 saturated carbocycles. The molecule has 33 heavy (non-hydrogen) atoms. The molecule has 1 amide bonds. The number of rotatable bonds is 7. The molecule has 1 heterocycles. The second kappa shape index (κ2) is 11.7. The average Bonchev–Trinajstić information content (AvgIpc) is 2.79. The maximum absolute atomic E-state index is 13.2. The summed E-state index contributed by atoms with van der Waals surface area (Å²) in [5, 5.41) is 2.95. The smallest absolute Gasteiger partial charge is 0.324 e. The maximum atomic E-state index is 13.2. The van der Waals surface area contributed by atoms with Crippen LogP contribution < -0.4 is 5.32 Å². The molecule has 1 aliphatic carbocycles. The third-order valence-electron chi connectivity index (χ3n) is 6.41. The molecule has 1 saturated heterocycles. The number of ether oxygens (including phenoxy) is 1. The van der Waals surface area contributed by atoms with Gasteiger partial charge in [-0.2, -0.15) is 4.31 Å². The summed E-state index contributed by atoms with van der Waals surface area (Å²) >= 11 is 0. The van der Waals surface area contributed by atoms with E-state index in [2.05, 4.69) is 5.32 Å². The Hall–Kier alpha value is -2.26. The summed E-state index contributed by atoms with van der Waals surface area (Å²) in [6.07, 6.45) is 9.26. The zero-order valence-electron chi connectivity index (χ0n) is 19.3. The van der Waals surface area contributed by atoms with Crippen molar-refractivity contribution in [3.05, 3.63) is 29.8 Å². The summed E-state index contributed by atoms with van der Waals surface area (Å²) in [6, 6.07) is 4.82. The van der Waals surface area contributed by atoms with E-state index in [0.29, 0.717) is 24.8 Å². The highest BCUT2D eigenvalue weighted by atomic mass is 32.2. The van der Waals surface area contributed by atoms with Gasteiger partial charge in [-0.05, 0) is 51.2 Å². The van der Waals surface area contributed by atoms with E-state index < -0.39 is 28.6 Å². The van der Waals surface area contributed by atoms with Crippen molar-refractivity contribution in [3.63, 3.8) is 0 Å². The fourth-order valence-corrected chi connectivity index (χ4v) is 6.17. The van der Waals surface area contributed by atoms with Gasteiger partial charge in [0.1, 0.15) is 6.04 Å². The van der Waals surface area contributed by atoms with Gasteiger partial charge in [0.15, 0.2) is 12.4 Å². The molecule has 1 aromatic carbocycles. The van der Waals surface area contributed by atoms with Gasteiger partial charge in [-0.3, -0.25) is 14.4 Å². The Morgan fingerprint density at radius 1 is 0.939 bits per heavy atom. The largest absolute Gasteiger partial charge is 0.454 e. The first-order chi connectivity index (χ1) is 15.8. The summed E-state index contributed by atoms with van der Waals surface area (Å²) in [7, 11) is -3.95. The van der Waals surface area contributed by atoms with Gasteiger partial charge in [0, 0.05) is 18.2 Å². The molecule has 1 aliphatic heterocycles. The Morgan fingerprint density at radius 3 is 2.18 bits per heavy atom. The first kappa shape index (κ1) is 25.4. The lowest BCUT2D eigenvalue weighted by molar-refractivity contribution is -0.153. The van der Waals surface area contributed by atoms with Crippen LogP contribution >= 0.6 is 0 Å². The van der Waals surface area contributed by atoms with Crippen molar-refractivity contribution in [3.8, 4) is 0 Å². The van der Waals surface area contributed by atoms with E-state index in [9.17, 15) is 22.8 Å². The molecular formula is C24H34N2O6S. The van der Waals surface area contributed by atoms with Crippen molar-refractivity contribution in [1.82, 2.24) is 9.62 Å². The van der Waals surface area contributed by atoms with Crippen LogP contribution in [0.15, 0.2) is 29.2 Å². The van der Waals surface area contributed by atoms with Gasteiger partial charge >= 0.3 is 5.97 Å². The van der Waals surface area contributed by atoms with Gasteiger partial charge in [0.25, 0.3) is 5.91 Å². The predicted molar refractivity (Wildman–Crippen MR) is 123 cm³/mol. The van der Waals surface area contributed by atoms with E-state index in [1.54, 1.807) is 0 Å². The lowest BCUT2D eigenvalue weighted by atomic mass is 9.97. The number of hydrogen-bond acceptors (Lipinski definition) is 6. The van der Waals surface area contributed by atoms with E-state index in [4.69, 9.17) is 4.74 Å². The number of Topliss-reactive ketones (excluding diaryl/α,β-unsaturated/α-hetero) is 1. The molecule has 0 spiro atoms. The third-order valence-corrected chi connectivity index (χ3v) is 8.33. The van der Waals surface area contributed by atoms with Gasteiger partial charge in [0.2, 0.25) is 10.0 Å². The molecule has 2 aliphatic rings. The highest BCUT2D eigenvalue weighted by Crippen LogP contribution is 2.26. The number of nitrogens with one attached hydrogen (secondary N) is 1. The fraction of sp³-hybridized carbons (Fsp3) is 0.625. The fourth-order valence-electron chi connectivity index (χ4n) is 4.53. The van der Waals surface area contributed by atoms with Gasteiger partial charge in [0.05, 0.1) is 4.90 Å². The first-order valence-corrected chi connectivity index (χ1v) is 13.3. The minimum Gasteiger partial charge on any atom is -0.454 e. The van der Waals surface area contributed by atoms with Crippen LogP contribution in [-0.4, -0.2) is 55.6 Å². The summed E-state index contributed by atoms with van der Waals surface area (Å²) in [4.78, 5) is 36.6. The number of carbonyl (C=O) groups is 3. The highest BCUT2D eigenvalue weighted by molar-refractivity contribution is 7.89. The Bertz CT molecular complexity index is 936. The molecule has 0 aromatic heterocycles. The topological polar surface area (TPSA) is 110 Å². The Balaban J connectivity index is 1.61. The number of esters is 1. The Morgan fingerprint density at radius 2 is 1.55 bits per heavy atom. The lowest BCUT2D eigenvalue weighted by Gasteiger charge is -2.33. The molecular weight excluding hydrogens is 444 g/mol. The summed E-state index contributed by atoms with van der Waals surface area (Å²) in [5.41, 5.74) is 0.416. The van der Waals surface area contributed by atoms with Gasteiger partial charge in [-0.15, -0.1) is 0 Å². The summed E-state index contributed by atoms with van der Waals surface area (Å²) in [5.74, 6) is -1.21. The van der Waals surface area contributed by atoms with E-state index in [-0.39, 0.29) is 29.2 Å². The quantitative estimate of drug-likeness (QED) is 0.476. The van der Waals surface area contributed by atoms with E-state index in [0.717, 1.165) is 30.0 Å². The van der Waals surface area contributed by atoms with Crippen LogP contribution in [0.5, 0.6) is 0 Å².